The van der Waals surface area contributed by atoms with Crippen molar-refractivity contribution in [1.29, 1.82) is 0 Å². The average Bonchev–Trinajstić information content (AvgIpc) is 2.01. The van der Waals surface area contributed by atoms with E-state index in [-0.39, 0.29) is 6.10 Å². The van der Waals surface area contributed by atoms with Crippen LogP contribution in [-0.2, 0) is 0 Å². The van der Waals surface area contributed by atoms with Crippen molar-refractivity contribution < 1.29 is 9.90 Å². The third-order valence-corrected chi connectivity index (χ3v) is 2.32. The normalized spacial score (nSPS) is 29.8. The van der Waals surface area contributed by atoms with Crippen molar-refractivity contribution in [3.05, 3.63) is 0 Å². The van der Waals surface area contributed by atoms with E-state index in [1.165, 1.54) is 0 Å². The van der Waals surface area contributed by atoms with Gasteiger partial charge in [0.2, 0.25) is 0 Å². The first-order valence-corrected chi connectivity index (χ1v) is 4.40. The lowest BCUT2D eigenvalue weighted by molar-refractivity contribution is 0.101. The van der Waals surface area contributed by atoms with Crippen LogP contribution in [0.2, 0.25) is 0 Å². The van der Waals surface area contributed by atoms with Crippen LogP contribution in [0, 0.1) is 5.92 Å². The van der Waals surface area contributed by atoms with E-state index in [2.05, 4.69) is 5.32 Å². The van der Waals surface area contributed by atoms with Gasteiger partial charge in [-0.25, -0.2) is 4.79 Å². The Kier molecular flexibility index (Phi) is 3.34. The molecule has 1 saturated carbocycles. The molecule has 2 amide bonds. The highest BCUT2D eigenvalue weighted by atomic mass is 16.3. The van der Waals surface area contributed by atoms with Crippen molar-refractivity contribution in [2.75, 3.05) is 6.54 Å². The minimum atomic E-state index is -0.477. The number of amides is 2. The molecule has 0 radical (unpaired) electrons. The van der Waals surface area contributed by atoms with Gasteiger partial charge in [-0.05, 0) is 25.2 Å². The lowest BCUT2D eigenvalue weighted by Gasteiger charge is -2.25. The monoisotopic (exact) mass is 172 g/mol. The standard InChI is InChI=1S/C8H16N2O2/c9-8(12)10-5-6-2-1-3-7(11)4-6/h6-7,11H,1-5H2,(H3,9,10,12). The first-order valence-electron chi connectivity index (χ1n) is 4.40. The van der Waals surface area contributed by atoms with Gasteiger partial charge in [0.15, 0.2) is 0 Å². The van der Waals surface area contributed by atoms with E-state index in [9.17, 15) is 9.90 Å². The molecular formula is C8H16N2O2. The first-order chi connectivity index (χ1) is 5.68. The number of urea groups is 1. The summed E-state index contributed by atoms with van der Waals surface area (Å²) in [5.74, 6) is 0.404. The summed E-state index contributed by atoms with van der Waals surface area (Å²) in [6.07, 6.45) is 3.63. The Morgan fingerprint density at radius 2 is 2.33 bits per heavy atom. The number of nitrogens with two attached hydrogens (primary N) is 1. The highest BCUT2D eigenvalue weighted by Gasteiger charge is 2.19. The zero-order chi connectivity index (χ0) is 8.97. The van der Waals surface area contributed by atoms with E-state index >= 15 is 0 Å². The Labute approximate surface area is 72.1 Å². The molecule has 1 aliphatic carbocycles. The second-order valence-electron chi connectivity index (χ2n) is 3.43. The molecule has 0 aromatic rings. The lowest BCUT2D eigenvalue weighted by Crippen LogP contribution is -2.36. The van der Waals surface area contributed by atoms with Gasteiger partial charge < -0.3 is 16.2 Å². The van der Waals surface area contributed by atoms with Crippen LogP contribution in [0.3, 0.4) is 0 Å². The van der Waals surface area contributed by atoms with Crippen LogP contribution in [-0.4, -0.2) is 23.8 Å². The van der Waals surface area contributed by atoms with Gasteiger partial charge in [-0.2, -0.15) is 0 Å². The molecule has 4 nitrogen and oxygen atoms in total. The van der Waals surface area contributed by atoms with Gasteiger partial charge in [0.1, 0.15) is 0 Å². The van der Waals surface area contributed by atoms with Crippen LogP contribution >= 0.6 is 0 Å². The van der Waals surface area contributed by atoms with Crippen LogP contribution in [0.25, 0.3) is 0 Å². The fourth-order valence-electron chi connectivity index (χ4n) is 1.69. The van der Waals surface area contributed by atoms with Crippen LogP contribution in [0.5, 0.6) is 0 Å². The second-order valence-corrected chi connectivity index (χ2v) is 3.43. The number of hydrogen-bond acceptors (Lipinski definition) is 2. The molecule has 70 valence electrons. The molecule has 1 rings (SSSR count). The summed E-state index contributed by atoms with van der Waals surface area (Å²) in [6.45, 7) is 0.604. The second kappa shape index (κ2) is 4.30. The van der Waals surface area contributed by atoms with Crippen LogP contribution in [0.1, 0.15) is 25.7 Å². The fraction of sp³-hybridized carbons (Fsp3) is 0.875. The first kappa shape index (κ1) is 9.32. The summed E-state index contributed by atoms with van der Waals surface area (Å²) in [5, 5.41) is 11.9. The Hall–Kier alpha value is -0.770. The van der Waals surface area contributed by atoms with E-state index in [0.29, 0.717) is 12.5 Å². The number of primary amides is 1. The molecule has 1 aliphatic rings. The van der Waals surface area contributed by atoms with Gasteiger partial charge in [-0.3, -0.25) is 0 Å². The van der Waals surface area contributed by atoms with Crippen molar-refractivity contribution in [2.24, 2.45) is 11.7 Å². The van der Waals surface area contributed by atoms with Crippen molar-refractivity contribution in [3.8, 4) is 0 Å². The largest absolute Gasteiger partial charge is 0.393 e. The maximum atomic E-state index is 10.4. The van der Waals surface area contributed by atoms with E-state index in [1.807, 2.05) is 0 Å². The third-order valence-electron chi connectivity index (χ3n) is 2.32. The number of aliphatic hydroxyl groups excluding tert-OH is 1. The van der Waals surface area contributed by atoms with E-state index < -0.39 is 6.03 Å². The zero-order valence-corrected chi connectivity index (χ0v) is 7.12. The van der Waals surface area contributed by atoms with Gasteiger partial charge in [0.05, 0.1) is 6.10 Å². The molecule has 0 aliphatic heterocycles. The fourth-order valence-corrected chi connectivity index (χ4v) is 1.69. The van der Waals surface area contributed by atoms with Crippen LogP contribution < -0.4 is 11.1 Å². The number of carbonyl (C=O) groups is 1. The number of rotatable bonds is 2. The molecule has 0 saturated heterocycles. The van der Waals surface area contributed by atoms with E-state index in [1.54, 1.807) is 0 Å². The quantitative estimate of drug-likeness (QED) is 0.556. The molecule has 2 unspecified atom stereocenters. The summed E-state index contributed by atoms with van der Waals surface area (Å²) in [7, 11) is 0. The molecule has 12 heavy (non-hydrogen) atoms. The zero-order valence-electron chi connectivity index (χ0n) is 7.12. The molecule has 2 atom stereocenters. The smallest absolute Gasteiger partial charge is 0.312 e. The molecule has 4 N–H and O–H groups in total. The number of hydrogen-bond donors (Lipinski definition) is 3. The minimum Gasteiger partial charge on any atom is -0.393 e. The van der Waals surface area contributed by atoms with Gasteiger partial charge >= 0.3 is 6.03 Å². The summed E-state index contributed by atoms with van der Waals surface area (Å²) in [4.78, 5) is 10.4. The summed E-state index contributed by atoms with van der Waals surface area (Å²) in [6, 6.07) is -0.477. The van der Waals surface area contributed by atoms with Gasteiger partial charge in [-0.15, -0.1) is 0 Å². The van der Waals surface area contributed by atoms with E-state index in [0.717, 1.165) is 25.7 Å². The predicted octanol–water partition coefficient (Wildman–Crippen LogP) is 0.206. The Balaban J connectivity index is 2.18. The van der Waals surface area contributed by atoms with Crippen molar-refractivity contribution >= 4 is 6.03 Å². The highest BCUT2D eigenvalue weighted by molar-refractivity contribution is 5.71. The molecule has 0 heterocycles. The van der Waals surface area contributed by atoms with Crippen LogP contribution in [0.4, 0.5) is 4.79 Å². The minimum absolute atomic E-state index is 0.182. The summed E-state index contributed by atoms with van der Waals surface area (Å²) < 4.78 is 0. The topological polar surface area (TPSA) is 75.4 Å². The molecule has 4 heteroatoms. The number of nitrogens with one attached hydrogen (secondary N) is 1. The Bertz CT molecular complexity index is 161. The van der Waals surface area contributed by atoms with Gasteiger partial charge in [0, 0.05) is 6.54 Å². The average molecular weight is 172 g/mol. The number of carbonyl (C=O) groups excluding carboxylic acids is 1. The van der Waals surface area contributed by atoms with Crippen molar-refractivity contribution in [3.63, 3.8) is 0 Å². The third kappa shape index (κ3) is 3.09. The molecular weight excluding hydrogens is 156 g/mol. The Morgan fingerprint density at radius 1 is 1.58 bits per heavy atom. The summed E-state index contributed by atoms with van der Waals surface area (Å²) >= 11 is 0. The Morgan fingerprint density at radius 3 is 2.92 bits per heavy atom. The molecule has 0 aromatic carbocycles. The predicted molar refractivity (Wildman–Crippen MR) is 45.6 cm³/mol. The lowest BCUT2D eigenvalue weighted by atomic mass is 9.87. The van der Waals surface area contributed by atoms with E-state index in [4.69, 9.17) is 5.73 Å². The van der Waals surface area contributed by atoms with Gasteiger partial charge in [0.25, 0.3) is 0 Å². The van der Waals surface area contributed by atoms with Crippen molar-refractivity contribution in [1.82, 2.24) is 5.32 Å². The molecule has 0 spiro atoms. The van der Waals surface area contributed by atoms with Crippen LogP contribution in [0.15, 0.2) is 0 Å². The maximum absolute atomic E-state index is 10.4. The van der Waals surface area contributed by atoms with Gasteiger partial charge in [-0.1, -0.05) is 6.42 Å². The maximum Gasteiger partial charge on any atom is 0.312 e. The number of aliphatic hydroxyl groups is 1. The molecule has 0 bridgehead atoms. The highest BCUT2D eigenvalue weighted by Crippen LogP contribution is 2.23. The summed E-state index contributed by atoms with van der Waals surface area (Å²) in [5.41, 5.74) is 4.93. The molecule has 0 aromatic heterocycles. The van der Waals surface area contributed by atoms with Crippen molar-refractivity contribution in [2.45, 2.75) is 31.8 Å². The molecule has 1 fully saturated rings. The SMILES string of the molecule is NC(=O)NCC1CCCC(O)C1.